The van der Waals surface area contributed by atoms with Crippen molar-refractivity contribution in [2.45, 2.75) is 31.1 Å². The SMILES string of the molecule is CCc1oc2cc(S(=O)(=O)N3CCCC3)ccc2c1C(=NO)c1cc(Br)c(O)c(Br)c1. The molecule has 1 aliphatic heterocycles. The molecule has 1 fully saturated rings. The summed E-state index contributed by atoms with van der Waals surface area (Å²) >= 11 is 6.59. The molecule has 7 nitrogen and oxygen atoms in total. The van der Waals surface area contributed by atoms with E-state index in [4.69, 9.17) is 4.42 Å². The number of phenols is 1. The molecule has 2 aromatic carbocycles. The van der Waals surface area contributed by atoms with E-state index in [2.05, 4.69) is 37.0 Å². The van der Waals surface area contributed by atoms with Crippen molar-refractivity contribution in [1.29, 1.82) is 0 Å². The molecule has 164 valence electrons. The molecular weight excluding hydrogens is 552 g/mol. The molecule has 0 spiro atoms. The Morgan fingerprint density at radius 2 is 1.81 bits per heavy atom. The van der Waals surface area contributed by atoms with Crippen molar-refractivity contribution < 1.29 is 23.1 Å². The Hall–Kier alpha value is -1.88. The standard InChI is InChI=1S/C21H20Br2N2O5S/c1-2-17-19(20(24-27)12-9-15(22)21(26)16(23)10-12)14-6-5-13(11-18(14)30-17)31(28,29)25-7-3-4-8-25/h5-6,9-11,26-27H,2-4,7-8H2,1H3. The second-order valence-corrected chi connectivity index (χ2v) is 10.9. The van der Waals surface area contributed by atoms with Gasteiger partial charge in [-0.2, -0.15) is 4.31 Å². The Labute approximate surface area is 196 Å². The zero-order chi connectivity index (χ0) is 22.3. The molecule has 0 saturated carbocycles. The monoisotopic (exact) mass is 570 g/mol. The lowest BCUT2D eigenvalue weighted by Crippen LogP contribution is -2.27. The van der Waals surface area contributed by atoms with Crippen LogP contribution in [0.2, 0.25) is 0 Å². The Kier molecular flexibility index (Phi) is 6.17. The number of aryl methyl sites for hydroxylation is 1. The van der Waals surface area contributed by atoms with Gasteiger partial charge in [0.1, 0.15) is 22.8 Å². The number of sulfonamides is 1. The third-order valence-electron chi connectivity index (χ3n) is 5.39. The average molecular weight is 572 g/mol. The summed E-state index contributed by atoms with van der Waals surface area (Å²) in [6, 6.07) is 8.06. The van der Waals surface area contributed by atoms with E-state index in [0.29, 0.717) is 56.3 Å². The van der Waals surface area contributed by atoms with Crippen molar-refractivity contribution in [2.75, 3.05) is 13.1 Å². The van der Waals surface area contributed by atoms with Crippen LogP contribution in [-0.2, 0) is 16.4 Å². The third kappa shape index (κ3) is 3.90. The molecule has 3 aromatic rings. The van der Waals surface area contributed by atoms with Crippen LogP contribution in [0.25, 0.3) is 11.0 Å². The maximum atomic E-state index is 12.9. The van der Waals surface area contributed by atoms with E-state index in [0.717, 1.165) is 12.8 Å². The van der Waals surface area contributed by atoms with E-state index in [1.54, 1.807) is 24.3 Å². The normalized spacial score (nSPS) is 15.8. The first-order valence-electron chi connectivity index (χ1n) is 9.74. The molecule has 0 amide bonds. The maximum absolute atomic E-state index is 12.9. The molecule has 0 bridgehead atoms. The van der Waals surface area contributed by atoms with Gasteiger partial charge in [0.2, 0.25) is 10.0 Å². The van der Waals surface area contributed by atoms with Crippen LogP contribution in [0.4, 0.5) is 0 Å². The molecule has 10 heteroatoms. The zero-order valence-corrected chi connectivity index (χ0v) is 20.6. The first-order chi connectivity index (χ1) is 14.8. The van der Waals surface area contributed by atoms with Gasteiger partial charge in [0.25, 0.3) is 0 Å². The molecule has 1 aromatic heterocycles. The number of nitrogens with zero attached hydrogens (tertiary/aromatic N) is 2. The zero-order valence-electron chi connectivity index (χ0n) is 16.6. The van der Waals surface area contributed by atoms with E-state index < -0.39 is 10.0 Å². The first-order valence-corrected chi connectivity index (χ1v) is 12.8. The summed E-state index contributed by atoms with van der Waals surface area (Å²) in [6.07, 6.45) is 2.23. The number of oxime groups is 1. The summed E-state index contributed by atoms with van der Waals surface area (Å²) in [5, 5.41) is 24.0. The Morgan fingerprint density at radius 1 is 1.16 bits per heavy atom. The van der Waals surface area contributed by atoms with Crippen LogP contribution in [0.15, 0.2) is 53.7 Å². The van der Waals surface area contributed by atoms with Gasteiger partial charge < -0.3 is 14.7 Å². The lowest BCUT2D eigenvalue weighted by atomic mass is 9.98. The van der Waals surface area contributed by atoms with Crippen LogP contribution < -0.4 is 0 Å². The van der Waals surface area contributed by atoms with Gasteiger partial charge in [-0.15, -0.1) is 0 Å². The van der Waals surface area contributed by atoms with Gasteiger partial charge in [-0.25, -0.2) is 8.42 Å². The van der Waals surface area contributed by atoms with E-state index >= 15 is 0 Å². The summed E-state index contributed by atoms with van der Waals surface area (Å²) in [6.45, 7) is 2.95. The fourth-order valence-electron chi connectivity index (χ4n) is 3.83. The fraction of sp³-hybridized carbons (Fsp3) is 0.286. The highest BCUT2D eigenvalue weighted by atomic mass is 79.9. The Morgan fingerprint density at radius 3 is 2.39 bits per heavy atom. The van der Waals surface area contributed by atoms with Crippen LogP contribution in [0.3, 0.4) is 0 Å². The number of hydrogen-bond donors (Lipinski definition) is 2. The number of furan rings is 1. The predicted molar refractivity (Wildman–Crippen MR) is 125 cm³/mol. The van der Waals surface area contributed by atoms with Gasteiger partial charge in [0, 0.05) is 36.5 Å². The van der Waals surface area contributed by atoms with Crippen molar-refractivity contribution >= 4 is 58.6 Å². The van der Waals surface area contributed by atoms with Crippen LogP contribution in [0, 0.1) is 0 Å². The second-order valence-electron chi connectivity index (χ2n) is 7.26. The second kappa shape index (κ2) is 8.57. The summed E-state index contributed by atoms with van der Waals surface area (Å²) in [4.78, 5) is 0.183. The highest BCUT2D eigenvalue weighted by Gasteiger charge is 2.29. The number of fused-ring (bicyclic) bond motifs is 1. The van der Waals surface area contributed by atoms with E-state index in [1.165, 1.54) is 10.4 Å². The Bertz CT molecular complexity index is 1270. The topological polar surface area (TPSA) is 103 Å². The minimum Gasteiger partial charge on any atom is -0.506 e. The first kappa shape index (κ1) is 22.3. The fourth-order valence-corrected chi connectivity index (χ4v) is 6.55. The van der Waals surface area contributed by atoms with Crippen molar-refractivity contribution in [3.63, 3.8) is 0 Å². The molecular formula is C21H20Br2N2O5S. The van der Waals surface area contributed by atoms with Gasteiger partial charge in [0.05, 0.1) is 19.4 Å². The smallest absolute Gasteiger partial charge is 0.243 e. The van der Waals surface area contributed by atoms with Crippen molar-refractivity contribution in [1.82, 2.24) is 4.31 Å². The van der Waals surface area contributed by atoms with Gasteiger partial charge in [-0.1, -0.05) is 12.1 Å². The lowest BCUT2D eigenvalue weighted by molar-refractivity contribution is 0.319. The molecule has 4 rings (SSSR count). The summed E-state index contributed by atoms with van der Waals surface area (Å²) < 4.78 is 34.2. The van der Waals surface area contributed by atoms with Crippen LogP contribution in [-0.4, -0.2) is 41.8 Å². The van der Waals surface area contributed by atoms with Gasteiger partial charge in [0.15, 0.2) is 0 Å². The average Bonchev–Trinajstić information content (AvgIpc) is 3.41. The number of rotatable bonds is 5. The van der Waals surface area contributed by atoms with Crippen molar-refractivity contribution in [3.8, 4) is 5.75 Å². The molecule has 1 saturated heterocycles. The number of aromatic hydroxyl groups is 1. The number of phenolic OH excluding ortho intramolecular Hbond substituents is 1. The van der Waals surface area contributed by atoms with E-state index in [9.17, 15) is 18.7 Å². The molecule has 0 atom stereocenters. The molecule has 2 heterocycles. The highest BCUT2D eigenvalue weighted by molar-refractivity contribution is 9.11. The third-order valence-corrected chi connectivity index (χ3v) is 8.49. The molecule has 31 heavy (non-hydrogen) atoms. The largest absolute Gasteiger partial charge is 0.506 e. The predicted octanol–water partition coefficient (Wildman–Crippen LogP) is 5.24. The molecule has 0 unspecified atom stereocenters. The molecule has 2 N–H and O–H groups in total. The van der Waals surface area contributed by atoms with Gasteiger partial charge in [-0.05, 0) is 69.0 Å². The summed E-state index contributed by atoms with van der Waals surface area (Å²) in [7, 11) is -3.58. The van der Waals surface area contributed by atoms with E-state index in [-0.39, 0.29) is 16.4 Å². The molecule has 0 radical (unpaired) electrons. The quantitative estimate of drug-likeness (QED) is 0.248. The maximum Gasteiger partial charge on any atom is 0.243 e. The molecule has 0 aliphatic carbocycles. The van der Waals surface area contributed by atoms with Crippen LogP contribution >= 0.6 is 31.9 Å². The van der Waals surface area contributed by atoms with Gasteiger partial charge in [-0.3, -0.25) is 0 Å². The molecule has 1 aliphatic rings. The minimum atomic E-state index is -3.58. The number of halogens is 2. The van der Waals surface area contributed by atoms with Crippen LogP contribution in [0.1, 0.15) is 36.7 Å². The van der Waals surface area contributed by atoms with Crippen LogP contribution in [0.5, 0.6) is 5.75 Å². The Balaban J connectivity index is 1.86. The lowest BCUT2D eigenvalue weighted by Gasteiger charge is -2.15. The van der Waals surface area contributed by atoms with Gasteiger partial charge >= 0.3 is 0 Å². The number of hydrogen-bond acceptors (Lipinski definition) is 6. The highest BCUT2D eigenvalue weighted by Crippen LogP contribution is 2.37. The van der Waals surface area contributed by atoms with Crippen molar-refractivity contribution in [3.05, 3.63) is 56.2 Å². The summed E-state index contributed by atoms with van der Waals surface area (Å²) in [5.74, 6) is 0.601. The minimum absolute atomic E-state index is 0.0329. The summed E-state index contributed by atoms with van der Waals surface area (Å²) in [5.41, 5.74) is 1.79. The van der Waals surface area contributed by atoms with E-state index in [1.807, 2.05) is 6.92 Å². The number of benzene rings is 2. The van der Waals surface area contributed by atoms with Crippen molar-refractivity contribution in [2.24, 2.45) is 5.16 Å².